The van der Waals surface area contributed by atoms with Crippen LogP contribution >= 0.6 is 0 Å². The average Bonchev–Trinajstić information content (AvgIpc) is 2.18. The Morgan fingerprint density at radius 3 is 2.47 bits per heavy atom. The fourth-order valence-electron chi connectivity index (χ4n) is 1.32. The minimum atomic E-state index is -0.576. The molecule has 1 aromatic carbocycles. The van der Waals surface area contributed by atoms with Gasteiger partial charge in [-0.1, -0.05) is 5.11 Å². The van der Waals surface area contributed by atoms with Gasteiger partial charge < -0.3 is 4.90 Å². The summed E-state index contributed by atoms with van der Waals surface area (Å²) in [6.45, 7) is -0.201. The van der Waals surface area contributed by atoms with E-state index in [1.54, 1.807) is 14.1 Å². The molecule has 80 valence electrons. The third-order valence-corrected chi connectivity index (χ3v) is 1.92. The summed E-state index contributed by atoms with van der Waals surface area (Å²) in [4.78, 5) is 3.96. The molecule has 1 rings (SSSR count). The first kappa shape index (κ1) is 11.3. The second-order valence-corrected chi connectivity index (χ2v) is 3.14. The molecule has 0 bridgehead atoms. The van der Waals surface area contributed by atoms with E-state index in [2.05, 4.69) is 10.0 Å². The predicted octanol–water partition coefficient (Wildman–Crippen LogP) is 2.84. The fourth-order valence-corrected chi connectivity index (χ4v) is 1.32. The van der Waals surface area contributed by atoms with Crippen molar-refractivity contribution >= 4 is 5.69 Å². The van der Waals surface area contributed by atoms with Crippen LogP contribution in [-0.4, -0.2) is 14.1 Å². The van der Waals surface area contributed by atoms with Crippen LogP contribution in [0.3, 0.4) is 0 Å². The number of nitrogens with zero attached hydrogens (tertiary/aromatic N) is 4. The number of azide groups is 1. The molecule has 0 radical (unpaired) electrons. The maximum atomic E-state index is 13.4. The Labute approximate surface area is 85.8 Å². The average molecular weight is 212 g/mol. The second-order valence-electron chi connectivity index (χ2n) is 3.14. The summed E-state index contributed by atoms with van der Waals surface area (Å²) < 4.78 is 26.7. The van der Waals surface area contributed by atoms with Crippen molar-refractivity contribution in [3.8, 4) is 0 Å². The minimum absolute atomic E-state index is 0.0674. The Kier molecular flexibility index (Phi) is 3.46. The third kappa shape index (κ3) is 2.35. The lowest BCUT2D eigenvalue weighted by Crippen LogP contribution is -2.14. The molecule has 0 aliphatic heterocycles. The summed E-state index contributed by atoms with van der Waals surface area (Å²) in [6.07, 6.45) is 0. The van der Waals surface area contributed by atoms with Crippen LogP contribution in [0, 0.1) is 11.6 Å². The smallest absolute Gasteiger partial charge is 0.146 e. The summed E-state index contributed by atoms with van der Waals surface area (Å²) in [5.41, 5.74) is 8.33. The van der Waals surface area contributed by atoms with Crippen LogP contribution in [0.1, 0.15) is 5.56 Å². The Balaban J connectivity index is 3.30. The first-order chi connectivity index (χ1) is 7.07. The lowest BCUT2D eigenvalue weighted by Gasteiger charge is -2.17. The number of rotatable bonds is 3. The molecule has 15 heavy (non-hydrogen) atoms. The van der Waals surface area contributed by atoms with Gasteiger partial charge >= 0.3 is 0 Å². The van der Waals surface area contributed by atoms with Crippen molar-refractivity contribution in [1.29, 1.82) is 0 Å². The Hall–Kier alpha value is -1.81. The van der Waals surface area contributed by atoms with Crippen LogP contribution in [0.4, 0.5) is 14.5 Å². The molecule has 0 fully saturated rings. The van der Waals surface area contributed by atoms with Gasteiger partial charge in [0.05, 0.1) is 12.2 Å². The third-order valence-electron chi connectivity index (χ3n) is 1.92. The van der Waals surface area contributed by atoms with Gasteiger partial charge in [-0.25, -0.2) is 8.78 Å². The molecule has 0 atom stereocenters. The van der Waals surface area contributed by atoms with E-state index in [1.807, 2.05) is 0 Å². The van der Waals surface area contributed by atoms with Crippen molar-refractivity contribution < 1.29 is 8.78 Å². The normalized spacial score (nSPS) is 9.60. The van der Waals surface area contributed by atoms with Gasteiger partial charge in [0, 0.05) is 24.6 Å². The van der Waals surface area contributed by atoms with Crippen LogP contribution in [0.2, 0.25) is 0 Å². The Morgan fingerprint density at radius 1 is 1.33 bits per heavy atom. The highest BCUT2D eigenvalue weighted by atomic mass is 19.1. The number of halogens is 2. The van der Waals surface area contributed by atoms with E-state index in [4.69, 9.17) is 5.53 Å². The van der Waals surface area contributed by atoms with Gasteiger partial charge in [0.2, 0.25) is 0 Å². The molecule has 0 heterocycles. The summed E-state index contributed by atoms with van der Waals surface area (Å²) in [7, 11) is 3.19. The highest BCUT2D eigenvalue weighted by Crippen LogP contribution is 2.26. The van der Waals surface area contributed by atoms with Crippen molar-refractivity contribution in [3.05, 3.63) is 39.8 Å². The van der Waals surface area contributed by atoms with Gasteiger partial charge in [0.15, 0.2) is 0 Å². The highest BCUT2D eigenvalue weighted by molar-refractivity contribution is 5.54. The molecule has 0 aliphatic rings. The maximum Gasteiger partial charge on any atom is 0.146 e. The molecule has 6 heteroatoms. The molecule has 0 N–H and O–H groups in total. The van der Waals surface area contributed by atoms with E-state index in [-0.39, 0.29) is 17.8 Å². The van der Waals surface area contributed by atoms with Crippen molar-refractivity contribution in [2.75, 3.05) is 19.0 Å². The van der Waals surface area contributed by atoms with Gasteiger partial charge in [0.1, 0.15) is 11.6 Å². The number of hydrogen-bond acceptors (Lipinski definition) is 2. The first-order valence-corrected chi connectivity index (χ1v) is 4.23. The molecule has 0 spiro atoms. The van der Waals surface area contributed by atoms with Crippen LogP contribution in [0.25, 0.3) is 10.4 Å². The molecule has 1 aromatic rings. The maximum absolute atomic E-state index is 13.4. The van der Waals surface area contributed by atoms with Gasteiger partial charge in [-0.3, -0.25) is 0 Å². The van der Waals surface area contributed by atoms with E-state index < -0.39 is 11.6 Å². The van der Waals surface area contributed by atoms with Crippen molar-refractivity contribution in [2.24, 2.45) is 5.11 Å². The van der Waals surface area contributed by atoms with Crippen LogP contribution in [-0.2, 0) is 6.54 Å². The summed E-state index contributed by atoms with van der Waals surface area (Å²) in [5.74, 6) is -1.11. The van der Waals surface area contributed by atoms with E-state index in [9.17, 15) is 8.78 Å². The lowest BCUT2D eigenvalue weighted by molar-refractivity contribution is 0.585. The first-order valence-electron chi connectivity index (χ1n) is 4.23. The summed E-state index contributed by atoms with van der Waals surface area (Å²) in [6, 6.07) is 2.06. The molecule has 0 amide bonds. The Bertz CT molecular complexity index is 411. The lowest BCUT2D eigenvalue weighted by atomic mass is 10.1. The number of benzene rings is 1. The molecular weight excluding hydrogens is 202 g/mol. The van der Waals surface area contributed by atoms with E-state index in [1.165, 1.54) is 4.90 Å². The summed E-state index contributed by atoms with van der Waals surface area (Å²) >= 11 is 0. The topological polar surface area (TPSA) is 52.0 Å². The second kappa shape index (κ2) is 4.61. The van der Waals surface area contributed by atoms with Crippen LogP contribution in [0.5, 0.6) is 0 Å². The quantitative estimate of drug-likeness (QED) is 0.431. The molecule has 0 saturated heterocycles. The summed E-state index contributed by atoms with van der Waals surface area (Å²) in [5, 5.41) is 3.23. The number of hydrogen-bond donors (Lipinski definition) is 0. The molecular formula is C9H10F2N4. The van der Waals surface area contributed by atoms with Gasteiger partial charge in [-0.15, -0.1) is 0 Å². The highest BCUT2D eigenvalue weighted by Gasteiger charge is 2.14. The molecule has 0 saturated carbocycles. The molecule has 0 aromatic heterocycles. The van der Waals surface area contributed by atoms with Crippen molar-refractivity contribution in [2.45, 2.75) is 6.54 Å². The van der Waals surface area contributed by atoms with Crippen molar-refractivity contribution in [1.82, 2.24) is 0 Å². The molecule has 4 nitrogen and oxygen atoms in total. The molecule has 0 aliphatic carbocycles. The number of anilines is 1. The van der Waals surface area contributed by atoms with Crippen molar-refractivity contribution in [3.63, 3.8) is 0 Å². The fraction of sp³-hybridized carbons (Fsp3) is 0.333. The zero-order valence-corrected chi connectivity index (χ0v) is 8.41. The largest absolute Gasteiger partial charge is 0.375 e. The predicted molar refractivity (Wildman–Crippen MR) is 53.5 cm³/mol. The van der Waals surface area contributed by atoms with E-state index in [0.717, 1.165) is 12.1 Å². The molecule has 0 unspecified atom stereocenters. The minimum Gasteiger partial charge on any atom is -0.375 e. The van der Waals surface area contributed by atoms with Gasteiger partial charge in [-0.05, 0) is 17.7 Å². The zero-order chi connectivity index (χ0) is 11.4. The van der Waals surface area contributed by atoms with Gasteiger partial charge in [-0.2, -0.15) is 0 Å². The van der Waals surface area contributed by atoms with Gasteiger partial charge in [0.25, 0.3) is 0 Å². The van der Waals surface area contributed by atoms with E-state index >= 15 is 0 Å². The zero-order valence-electron chi connectivity index (χ0n) is 8.41. The monoisotopic (exact) mass is 212 g/mol. The standard InChI is InChI=1S/C9H10F2N4/c1-15(2)9-6(5-13-14-12)7(10)3-4-8(9)11/h3-4H,5H2,1-2H3. The Morgan fingerprint density at radius 2 is 1.93 bits per heavy atom. The SMILES string of the molecule is CN(C)c1c(F)ccc(F)c1CN=[N+]=[N-]. The van der Waals surface area contributed by atoms with Crippen LogP contribution in [0.15, 0.2) is 17.2 Å². The van der Waals surface area contributed by atoms with Crippen LogP contribution < -0.4 is 4.90 Å². The van der Waals surface area contributed by atoms with E-state index in [0.29, 0.717) is 0 Å².